The van der Waals surface area contributed by atoms with Crippen LogP contribution in [-0.4, -0.2) is 46.0 Å². The molecule has 132 valence electrons. The molecule has 3 heterocycles. The number of hydrogen-bond acceptors (Lipinski definition) is 6. The lowest BCUT2D eigenvalue weighted by Crippen LogP contribution is -2.51. The lowest BCUT2D eigenvalue weighted by atomic mass is 9.84. The van der Waals surface area contributed by atoms with Gasteiger partial charge in [-0.1, -0.05) is 6.07 Å². The highest BCUT2D eigenvalue weighted by molar-refractivity contribution is 6.10. The second-order valence-electron chi connectivity index (χ2n) is 6.76. The number of benzene rings is 1. The second-order valence-corrected chi connectivity index (χ2v) is 6.76. The molecular weight excluding hydrogens is 316 g/mol. The standard InChI is InChI=1S/C18H24N6O/c1-11-16-17(22-21-11)13-10-12(14-6-8-20-23(14)2)4-5-15(13)24(18(16)25)9-3-7-19/h4-6,8,10-11,16,18,21,25H,3,7,9,19H2,1-2H3. The van der Waals surface area contributed by atoms with E-state index in [2.05, 4.69) is 45.6 Å². The van der Waals surface area contributed by atoms with Crippen LogP contribution in [0.1, 0.15) is 18.9 Å². The van der Waals surface area contributed by atoms with E-state index in [1.165, 1.54) is 0 Å². The molecule has 2 aliphatic heterocycles. The van der Waals surface area contributed by atoms with Gasteiger partial charge in [-0.15, -0.1) is 0 Å². The number of aliphatic hydroxyl groups is 1. The van der Waals surface area contributed by atoms with E-state index in [9.17, 15) is 5.11 Å². The van der Waals surface area contributed by atoms with Gasteiger partial charge >= 0.3 is 0 Å². The van der Waals surface area contributed by atoms with Crippen molar-refractivity contribution in [3.63, 3.8) is 0 Å². The zero-order valence-electron chi connectivity index (χ0n) is 14.6. The van der Waals surface area contributed by atoms with Crippen LogP contribution in [0.15, 0.2) is 35.6 Å². The summed E-state index contributed by atoms with van der Waals surface area (Å²) in [6, 6.07) is 8.39. The summed E-state index contributed by atoms with van der Waals surface area (Å²) in [5.74, 6) is -0.0490. The Balaban J connectivity index is 1.82. The first-order valence-electron chi connectivity index (χ1n) is 8.72. The summed E-state index contributed by atoms with van der Waals surface area (Å²) >= 11 is 0. The van der Waals surface area contributed by atoms with E-state index in [1.54, 1.807) is 6.20 Å². The second kappa shape index (κ2) is 6.16. The molecule has 0 radical (unpaired) electrons. The average Bonchev–Trinajstić information content (AvgIpc) is 3.21. The zero-order valence-corrected chi connectivity index (χ0v) is 14.6. The van der Waals surface area contributed by atoms with Crippen LogP contribution in [0, 0.1) is 5.92 Å². The molecule has 4 N–H and O–H groups in total. The molecule has 0 amide bonds. The van der Waals surface area contributed by atoms with Crippen molar-refractivity contribution in [1.29, 1.82) is 0 Å². The molecule has 2 aromatic rings. The molecule has 0 aliphatic carbocycles. The molecule has 3 unspecified atom stereocenters. The number of anilines is 1. The maximum atomic E-state index is 10.9. The van der Waals surface area contributed by atoms with Crippen molar-refractivity contribution in [3.8, 4) is 11.3 Å². The van der Waals surface area contributed by atoms with Gasteiger partial charge in [-0.2, -0.15) is 10.2 Å². The fraction of sp³-hybridized carbons (Fsp3) is 0.444. The van der Waals surface area contributed by atoms with Crippen molar-refractivity contribution >= 4 is 11.4 Å². The Bertz CT molecular complexity index is 814. The van der Waals surface area contributed by atoms with E-state index < -0.39 is 6.23 Å². The van der Waals surface area contributed by atoms with Gasteiger partial charge in [0.05, 0.1) is 23.4 Å². The minimum atomic E-state index is -0.592. The molecule has 3 atom stereocenters. The first-order chi connectivity index (χ1) is 12.1. The molecule has 7 nitrogen and oxygen atoms in total. The van der Waals surface area contributed by atoms with Gasteiger partial charge in [0.25, 0.3) is 0 Å². The number of nitrogens with zero attached hydrogens (tertiary/aromatic N) is 4. The van der Waals surface area contributed by atoms with Crippen molar-refractivity contribution < 1.29 is 5.11 Å². The van der Waals surface area contributed by atoms with Gasteiger partial charge in [0, 0.05) is 36.6 Å². The Hall–Kier alpha value is -2.38. The lowest BCUT2D eigenvalue weighted by molar-refractivity contribution is 0.120. The van der Waals surface area contributed by atoms with E-state index in [1.807, 2.05) is 17.8 Å². The molecule has 1 aromatic heterocycles. The van der Waals surface area contributed by atoms with Gasteiger partial charge in [-0.25, -0.2) is 0 Å². The molecule has 0 spiro atoms. The Kier molecular flexibility index (Phi) is 3.97. The highest BCUT2D eigenvalue weighted by Gasteiger charge is 2.43. The summed E-state index contributed by atoms with van der Waals surface area (Å²) < 4.78 is 1.86. The molecule has 0 saturated carbocycles. The molecule has 0 bridgehead atoms. The van der Waals surface area contributed by atoms with E-state index >= 15 is 0 Å². The molecule has 25 heavy (non-hydrogen) atoms. The van der Waals surface area contributed by atoms with Crippen molar-refractivity contribution in [2.75, 3.05) is 18.0 Å². The van der Waals surface area contributed by atoms with Crippen LogP contribution in [0.5, 0.6) is 0 Å². The molecule has 0 fully saturated rings. The third kappa shape index (κ3) is 2.51. The van der Waals surface area contributed by atoms with Crippen molar-refractivity contribution in [3.05, 3.63) is 36.0 Å². The van der Waals surface area contributed by atoms with Gasteiger partial charge in [0.1, 0.15) is 6.23 Å². The number of nitrogens with one attached hydrogen (secondary N) is 1. The fourth-order valence-corrected chi connectivity index (χ4v) is 3.86. The minimum Gasteiger partial charge on any atom is -0.373 e. The number of nitrogens with two attached hydrogens (primary N) is 1. The smallest absolute Gasteiger partial charge is 0.137 e. The first kappa shape index (κ1) is 16.1. The fourth-order valence-electron chi connectivity index (χ4n) is 3.86. The van der Waals surface area contributed by atoms with Crippen LogP contribution in [0.2, 0.25) is 0 Å². The summed E-state index contributed by atoms with van der Waals surface area (Å²) in [5.41, 5.74) is 14.0. The summed E-state index contributed by atoms with van der Waals surface area (Å²) in [6.45, 7) is 3.39. The van der Waals surface area contributed by atoms with Crippen LogP contribution < -0.4 is 16.1 Å². The number of aliphatic hydroxyl groups excluding tert-OH is 1. The number of aryl methyl sites for hydroxylation is 1. The topological polar surface area (TPSA) is 91.7 Å². The third-order valence-corrected chi connectivity index (χ3v) is 5.19. The summed E-state index contributed by atoms with van der Waals surface area (Å²) in [7, 11) is 1.94. The lowest BCUT2D eigenvalue weighted by Gasteiger charge is -2.40. The maximum absolute atomic E-state index is 10.9. The Morgan fingerprint density at radius 3 is 2.88 bits per heavy atom. The van der Waals surface area contributed by atoms with Gasteiger partial charge in [-0.3, -0.25) is 4.68 Å². The summed E-state index contributed by atoms with van der Waals surface area (Å²) in [4.78, 5) is 2.06. The highest BCUT2D eigenvalue weighted by Crippen LogP contribution is 2.39. The van der Waals surface area contributed by atoms with Crippen LogP contribution in [0.3, 0.4) is 0 Å². The van der Waals surface area contributed by atoms with Crippen molar-refractivity contribution in [1.82, 2.24) is 15.2 Å². The van der Waals surface area contributed by atoms with Crippen LogP contribution in [0.4, 0.5) is 5.69 Å². The number of hydrazone groups is 1. The SMILES string of the molecule is CC1NN=C2c3cc(-c4ccnn4C)ccc3N(CCCN)C(O)C21. The Labute approximate surface area is 147 Å². The van der Waals surface area contributed by atoms with Crippen molar-refractivity contribution in [2.45, 2.75) is 25.6 Å². The van der Waals surface area contributed by atoms with E-state index in [4.69, 9.17) is 5.73 Å². The molecule has 0 saturated heterocycles. The first-order valence-corrected chi connectivity index (χ1v) is 8.72. The van der Waals surface area contributed by atoms with Crippen LogP contribution >= 0.6 is 0 Å². The van der Waals surface area contributed by atoms with Crippen LogP contribution in [0.25, 0.3) is 11.3 Å². The maximum Gasteiger partial charge on any atom is 0.137 e. The predicted octanol–water partition coefficient (Wildman–Crippen LogP) is 0.886. The zero-order chi connectivity index (χ0) is 17.6. The third-order valence-electron chi connectivity index (χ3n) is 5.19. The Morgan fingerprint density at radius 2 is 2.16 bits per heavy atom. The number of rotatable bonds is 4. The Morgan fingerprint density at radius 1 is 1.32 bits per heavy atom. The molecule has 1 aromatic carbocycles. The molecular formula is C18H24N6O. The van der Waals surface area contributed by atoms with Gasteiger partial charge in [0.15, 0.2) is 0 Å². The van der Waals surface area contributed by atoms with Crippen LogP contribution in [-0.2, 0) is 7.05 Å². The minimum absolute atomic E-state index is 0.0490. The summed E-state index contributed by atoms with van der Waals surface area (Å²) in [6.07, 6.45) is 2.04. The number of hydrogen-bond donors (Lipinski definition) is 3. The molecule has 4 rings (SSSR count). The number of fused-ring (bicyclic) bond motifs is 3. The largest absolute Gasteiger partial charge is 0.373 e. The summed E-state index contributed by atoms with van der Waals surface area (Å²) in [5, 5.41) is 19.7. The van der Waals surface area contributed by atoms with E-state index in [0.717, 1.165) is 41.2 Å². The molecule has 7 heteroatoms. The number of aromatic nitrogens is 2. The van der Waals surface area contributed by atoms with Gasteiger partial charge < -0.3 is 21.2 Å². The normalized spacial score (nSPS) is 24.6. The monoisotopic (exact) mass is 340 g/mol. The average molecular weight is 340 g/mol. The van der Waals surface area contributed by atoms with E-state index in [-0.39, 0.29) is 12.0 Å². The quantitative estimate of drug-likeness (QED) is 0.769. The highest BCUT2D eigenvalue weighted by atomic mass is 16.3. The molecule has 2 aliphatic rings. The van der Waals surface area contributed by atoms with Gasteiger partial charge in [0.2, 0.25) is 0 Å². The predicted molar refractivity (Wildman–Crippen MR) is 98.3 cm³/mol. The van der Waals surface area contributed by atoms with E-state index in [0.29, 0.717) is 6.54 Å². The van der Waals surface area contributed by atoms with Crippen molar-refractivity contribution in [2.24, 2.45) is 23.8 Å². The van der Waals surface area contributed by atoms with Gasteiger partial charge in [-0.05, 0) is 38.1 Å².